The van der Waals surface area contributed by atoms with Gasteiger partial charge in [0.2, 0.25) is 0 Å². The maximum Gasteiger partial charge on any atom is 0.00793 e. The zero-order valence-corrected chi connectivity index (χ0v) is 10.8. The van der Waals surface area contributed by atoms with Crippen molar-refractivity contribution in [3.05, 3.63) is 0 Å². The van der Waals surface area contributed by atoms with Gasteiger partial charge in [-0.1, -0.05) is 26.2 Å². The SMILES string of the molecule is CC[C@H]1CCCN(C[C@H]2CCCC[C@@H]2N)C1. The van der Waals surface area contributed by atoms with Crippen molar-refractivity contribution in [3.8, 4) is 0 Å². The van der Waals surface area contributed by atoms with Gasteiger partial charge < -0.3 is 10.6 Å². The second-order valence-corrected chi connectivity index (χ2v) is 5.88. The van der Waals surface area contributed by atoms with E-state index in [0.29, 0.717) is 6.04 Å². The van der Waals surface area contributed by atoms with Crippen molar-refractivity contribution in [2.24, 2.45) is 17.6 Å². The van der Waals surface area contributed by atoms with Gasteiger partial charge in [0.1, 0.15) is 0 Å². The lowest BCUT2D eigenvalue weighted by Crippen LogP contribution is -2.44. The average Bonchev–Trinajstić information content (AvgIpc) is 2.32. The van der Waals surface area contributed by atoms with Gasteiger partial charge in [-0.3, -0.25) is 0 Å². The minimum absolute atomic E-state index is 0.482. The zero-order chi connectivity index (χ0) is 11.4. The molecule has 2 fully saturated rings. The van der Waals surface area contributed by atoms with E-state index in [1.165, 1.54) is 64.6 Å². The lowest BCUT2D eigenvalue weighted by Gasteiger charge is -2.37. The van der Waals surface area contributed by atoms with Crippen LogP contribution < -0.4 is 5.73 Å². The normalized spacial score (nSPS) is 37.5. The molecule has 3 atom stereocenters. The Bertz CT molecular complexity index is 205. The Balaban J connectivity index is 1.79. The second-order valence-electron chi connectivity index (χ2n) is 5.88. The molecule has 94 valence electrons. The first-order valence-corrected chi connectivity index (χ1v) is 7.27. The van der Waals surface area contributed by atoms with Crippen molar-refractivity contribution in [2.45, 2.75) is 57.9 Å². The molecule has 2 N–H and O–H groups in total. The molecule has 1 heterocycles. The van der Waals surface area contributed by atoms with E-state index in [4.69, 9.17) is 5.73 Å². The predicted octanol–water partition coefficient (Wildman–Crippen LogP) is 2.63. The highest BCUT2D eigenvalue weighted by atomic mass is 15.1. The molecule has 2 heteroatoms. The van der Waals surface area contributed by atoms with E-state index in [1.807, 2.05) is 0 Å². The molecule has 0 amide bonds. The first-order chi connectivity index (χ1) is 7.79. The van der Waals surface area contributed by atoms with Crippen LogP contribution in [0.1, 0.15) is 51.9 Å². The van der Waals surface area contributed by atoms with Crippen molar-refractivity contribution in [1.82, 2.24) is 4.90 Å². The van der Waals surface area contributed by atoms with Crippen molar-refractivity contribution in [2.75, 3.05) is 19.6 Å². The molecule has 0 bridgehead atoms. The van der Waals surface area contributed by atoms with Gasteiger partial charge in [0.05, 0.1) is 0 Å². The summed E-state index contributed by atoms with van der Waals surface area (Å²) >= 11 is 0. The van der Waals surface area contributed by atoms with E-state index in [0.717, 1.165) is 11.8 Å². The second kappa shape index (κ2) is 6.02. The Morgan fingerprint density at radius 2 is 1.94 bits per heavy atom. The van der Waals surface area contributed by atoms with Crippen LogP contribution in [0.15, 0.2) is 0 Å². The molecule has 2 aliphatic rings. The number of hydrogen-bond donors (Lipinski definition) is 1. The third kappa shape index (κ3) is 3.21. The summed E-state index contributed by atoms with van der Waals surface area (Å²) in [5.41, 5.74) is 6.24. The molecule has 2 rings (SSSR count). The molecule has 1 aliphatic heterocycles. The van der Waals surface area contributed by atoms with Crippen LogP contribution in [0.2, 0.25) is 0 Å². The Labute approximate surface area is 101 Å². The van der Waals surface area contributed by atoms with E-state index in [-0.39, 0.29) is 0 Å². The van der Waals surface area contributed by atoms with E-state index in [2.05, 4.69) is 11.8 Å². The third-order valence-corrected chi connectivity index (χ3v) is 4.64. The highest BCUT2D eigenvalue weighted by molar-refractivity contribution is 4.82. The molecule has 16 heavy (non-hydrogen) atoms. The maximum atomic E-state index is 6.24. The molecule has 1 aliphatic carbocycles. The molecule has 0 aromatic heterocycles. The van der Waals surface area contributed by atoms with Crippen LogP contribution >= 0.6 is 0 Å². The highest BCUT2D eigenvalue weighted by Gasteiger charge is 2.26. The molecule has 1 saturated carbocycles. The summed E-state index contributed by atoms with van der Waals surface area (Å²) in [5, 5.41) is 0. The molecule has 0 aromatic carbocycles. The van der Waals surface area contributed by atoms with Crippen LogP contribution in [0.3, 0.4) is 0 Å². The van der Waals surface area contributed by atoms with Crippen molar-refractivity contribution in [1.29, 1.82) is 0 Å². The van der Waals surface area contributed by atoms with Gasteiger partial charge >= 0.3 is 0 Å². The third-order valence-electron chi connectivity index (χ3n) is 4.64. The van der Waals surface area contributed by atoms with E-state index in [1.54, 1.807) is 0 Å². The fourth-order valence-corrected chi connectivity index (χ4v) is 3.45. The van der Waals surface area contributed by atoms with Gasteiger partial charge in [-0.2, -0.15) is 0 Å². The highest BCUT2D eigenvalue weighted by Crippen LogP contribution is 2.26. The van der Waals surface area contributed by atoms with Crippen LogP contribution in [0.4, 0.5) is 0 Å². The largest absolute Gasteiger partial charge is 0.327 e. The standard InChI is InChI=1S/C14H28N2/c1-2-12-6-5-9-16(10-12)11-13-7-3-4-8-14(13)15/h12-14H,2-11,15H2,1H3/t12-,13+,14-/m0/s1. The predicted molar refractivity (Wildman–Crippen MR) is 69.4 cm³/mol. The summed E-state index contributed by atoms with van der Waals surface area (Å²) in [6.07, 6.45) is 9.60. The smallest absolute Gasteiger partial charge is 0.00793 e. The Morgan fingerprint density at radius 1 is 1.12 bits per heavy atom. The van der Waals surface area contributed by atoms with Crippen molar-refractivity contribution >= 4 is 0 Å². The van der Waals surface area contributed by atoms with Crippen LogP contribution in [0.5, 0.6) is 0 Å². The number of piperidine rings is 1. The Kier molecular flexibility index (Phi) is 4.66. The number of hydrogen-bond acceptors (Lipinski definition) is 2. The molecule has 0 aromatic rings. The van der Waals surface area contributed by atoms with Crippen molar-refractivity contribution in [3.63, 3.8) is 0 Å². The van der Waals surface area contributed by atoms with Crippen LogP contribution in [0.25, 0.3) is 0 Å². The number of likely N-dealkylation sites (tertiary alicyclic amines) is 1. The lowest BCUT2D eigenvalue weighted by molar-refractivity contribution is 0.127. The molecule has 0 spiro atoms. The Hall–Kier alpha value is -0.0800. The summed E-state index contributed by atoms with van der Waals surface area (Å²) < 4.78 is 0. The molecular formula is C14H28N2. The van der Waals surface area contributed by atoms with Crippen molar-refractivity contribution < 1.29 is 0 Å². The van der Waals surface area contributed by atoms with Crippen LogP contribution in [-0.2, 0) is 0 Å². The van der Waals surface area contributed by atoms with Gasteiger partial charge in [0, 0.05) is 19.1 Å². The number of nitrogens with two attached hydrogens (primary N) is 1. The van der Waals surface area contributed by atoms with Gasteiger partial charge in [0.25, 0.3) is 0 Å². The van der Waals surface area contributed by atoms with E-state index in [9.17, 15) is 0 Å². The average molecular weight is 224 g/mol. The van der Waals surface area contributed by atoms with E-state index < -0.39 is 0 Å². The molecule has 0 unspecified atom stereocenters. The summed E-state index contributed by atoms with van der Waals surface area (Å²) in [6.45, 7) is 6.26. The fraction of sp³-hybridized carbons (Fsp3) is 1.00. The van der Waals surface area contributed by atoms with E-state index >= 15 is 0 Å². The molecule has 1 saturated heterocycles. The summed E-state index contributed by atoms with van der Waals surface area (Å²) in [5.74, 6) is 1.73. The van der Waals surface area contributed by atoms with Gasteiger partial charge in [-0.15, -0.1) is 0 Å². The monoisotopic (exact) mass is 224 g/mol. The zero-order valence-electron chi connectivity index (χ0n) is 10.8. The maximum absolute atomic E-state index is 6.24. The number of rotatable bonds is 3. The summed E-state index contributed by atoms with van der Waals surface area (Å²) in [4.78, 5) is 2.69. The first-order valence-electron chi connectivity index (χ1n) is 7.27. The topological polar surface area (TPSA) is 29.3 Å². The van der Waals surface area contributed by atoms with Gasteiger partial charge in [0.15, 0.2) is 0 Å². The lowest BCUT2D eigenvalue weighted by atomic mass is 9.84. The minimum Gasteiger partial charge on any atom is -0.327 e. The minimum atomic E-state index is 0.482. The summed E-state index contributed by atoms with van der Waals surface area (Å²) in [6, 6.07) is 0.482. The summed E-state index contributed by atoms with van der Waals surface area (Å²) in [7, 11) is 0. The fourth-order valence-electron chi connectivity index (χ4n) is 3.45. The molecule has 0 radical (unpaired) electrons. The first kappa shape index (κ1) is 12.4. The quantitative estimate of drug-likeness (QED) is 0.798. The van der Waals surface area contributed by atoms with Gasteiger partial charge in [-0.05, 0) is 44.1 Å². The van der Waals surface area contributed by atoms with Crippen LogP contribution in [0, 0.1) is 11.8 Å². The Morgan fingerprint density at radius 3 is 2.69 bits per heavy atom. The van der Waals surface area contributed by atoms with Gasteiger partial charge in [-0.25, -0.2) is 0 Å². The molecular weight excluding hydrogens is 196 g/mol. The molecule has 2 nitrogen and oxygen atoms in total. The number of nitrogens with zero attached hydrogens (tertiary/aromatic N) is 1. The van der Waals surface area contributed by atoms with Crippen LogP contribution in [-0.4, -0.2) is 30.6 Å².